The molecule has 8 nitrogen and oxygen atoms in total. The number of aromatic nitrogens is 6. The maximum Gasteiger partial charge on any atom is 0.417 e. The Hall–Kier alpha value is -3.50. The van der Waals surface area contributed by atoms with Crippen molar-refractivity contribution in [2.75, 3.05) is 23.7 Å². The van der Waals surface area contributed by atoms with Crippen molar-refractivity contribution in [3.63, 3.8) is 0 Å². The van der Waals surface area contributed by atoms with Gasteiger partial charge in [-0.15, -0.1) is 10.2 Å². The molecule has 0 spiro atoms. The topological polar surface area (TPSA) is 98.1 Å². The molecule has 0 bridgehead atoms. The molecule has 11 heteroatoms. The first-order chi connectivity index (χ1) is 14.4. The number of alkyl halides is 3. The standard InChI is InChI=1S/C19H17F3N8/c20-19(21,22)12-3-6-15-27-28-17(30(15)9-12)11-2-1-7-29(8-11)18-13-4-5-14(23)26-16(13)24-10-25-18/h3-6,9-11H,1-2,7-8H2,(H2,23,24,25,26). The third kappa shape index (κ3) is 3.15. The Morgan fingerprint density at radius 1 is 1.07 bits per heavy atom. The molecule has 4 aromatic heterocycles. The average molecular weight is 414 g/mol. The highest BCUT2D eigenvalue weighted by molar-refractivity contribution is 5.87. The van der Waals surface area contributed by atoms with E-state index in [1.807, 2.05) is 6.07 Å². The first kappa shape index (κ1) is 18.5. The lowest BCUT2D eigenvalue weighted by Gasteiger charge is -2.33. The van der Waals surface area contributed by atoms with Crippen LogP contribution in [0.15, 0.2) is 36.8 Å². The summed E-state index contributed by atoms with van der Waals surface area (Å²) in [7, 11) is 0. The number of anilines is 2. The number of piperidine rings is 1. The highest BCUT2D eigenvalue weighted by Crippen LogP contribution is 2.33. The van der Waals surface area contributed by atoms with Gasteiger partial charge in [0.25, 0.3) is 0 Å². The predicted molar refractivity (Wildman–Crippen MR) is 104 cm³/mol. The summed E-state index contributed by atoms with van der Waals surface area (Å²) < 4.78 is 40.9. The molecule has 0 aliphatic carbocycles. The van der Waals surface area contributed by atoms with Crippen molar-refractivity contribution < 1.29 is 13.2 Å². The maximum absolute atomic E-state index is 13.2. The minimum Gasteiger partial charge on any atom is -0.384 e. The third-order valence-corrected chi connectivity index (χ3v) is 5.34. The molecular weight excluding hydrogens is 397 g/mol. The van der Waals surface area contributed by atoms with Gasteiger partial charge in [0.15, 0.2) is 11.3 Å². The molecule has 5 heterocycles. The Balaban J connectivity index is 1.51. The van der Waals surface area contributed by atoms with Crippen LogP contribution in [-0.4, -0.2) is 42.6 Å². The van der Waals surface area contributed by atoms with E-state index in [-0.39, 0.29) is 5.92 Å². The van der Waals surface area contributed by atoms with Gasteiger partial charge in [0.2, 0.25) is 0 Å². The number of hydrogen-bond acceptors (Lipinski definition) is 7. The van der Waals surface area contributed by atoms with Crippen LogP contribution in [0.3, 0.4) is 0 Å². The Morgan fingerprint density at radius 3 is 2.77 bits per heavy atom. The van der Waals surface area contributed by atoms with E-state index in [2.05, 4.69) is 30.0 Å². The van der Waals surface area contributed by atoms with Crippen LogP contribution in [0, 0.1) is 0 Å². The fourth-order valence-corrected chi connectivity index (χ4v) is 3.93. The first-order valence-corrected chi connectivity index (χ1v) is 9.44. The molecule has 1 atom stereocenters. The predicted octanol–water partition coefficient (Wildman–Crippen LogP) is 3.05. The Morgan fingerprint density at radius 2 is 1.93 bits per heavy atom. The van der Waals surface area contributed by atoms with Gasteiger partial charge in [0, 0.05) is 25.2 Å². The lowest BCUT2D eigenvalue weighted by atomic mass is 9.97. The van der Waals surface area contributed by atoms with E-state index >= 15 is 0 Å². The Labute approximate surface area is 168 Å². The van der Waals surface area contributed by atoms with Crippen molar-refractivity contribution in [1.82, 2.24) is 29.5 Å². The van der Waals surface area contributed by atoms with E-state index < -0.39 is 11.7 Å². The van der Waals surface area contributed by atoms with Crippen LogP contribution in [0.25, 0.3) is 16.7 Å². The van der Waals surface area contributed by atoms with Crippen molar-refractivity contribution in [1.29, 1.82) is 0 Å². The van der Waals surface area contributed by atoms with Crippen molar-refractivity contribution in [2.45, 2.75) is 24.9 Å². The van der Waals surface area contributed by atoms with Crippen LogP contribution in [0.2, 0.25) is 0 Å². The van der Waals surface area contributed by atoms with Crippen LogP contribution in [0.1, 0.15) is 30.1 Å². The minimum absolute atomic E-state index is 0.0935. The number of hydrogen-bond donors (Lipinski definition) is 1. The SMILES string of the molecule is Nc1ccc2c(N3CCCC(c4nnc5ccc(C(F)(F)F)cn45)C3)ncnc2n1. The monoisotopic (exact) mass is 414 g/mol. The second-order valence-corrected chi connectivity index (χ2v) is 7.29. The van der Waals surface area contributed by atoms with E-state index in [1.165, 1.54) is 16.8 Å². The van der Waals surface area contributed by atoms with Gasteiger partial charge in [0.05, 0.1) is 10.9 Å². The van der Waals surface area contributed by atoms with Crippen molar-refractivity contribution in [3.05, 3.63) is 48.2 Å². The number of fused-ring (bicyclic) bond motifs is 2. The van der Waals surface area contributed by atoms with Crippen molar-refractivity contribution in [2.24, 2.45) is 0 Å². The number of halogens is 3. The molecule has 1 fully saturated rings. The average Bonchev–Trinajstić information content (AvgIpc) is 3.16. The minimum atomic E-state index is -4.43. The normalized spacial score (nSPS) is 17.7. The number of nitrogens with two attached hydrogens (primary N) is 1. The van der Waals surface area contributed by atoms with Crippen LogP contribution < -0.4 is 10.6 Å². The summed E-state index contributed by atoms with van der Waals surface area (Å²) in [5, 5.41) is 9.03. The molecule has 30 heavy (non-hydrogen) atoms. The second-order valence-electron chi connectivity index (χ2n) is 7.29. The zero-order valence-electron chi connectivity index (χ0n) is 15.7. The Bertz CT molecular complexity index is 1240. The number of pyridine rings is 2. The summed E-state index contributed by atoms with van der Waals surface area (Å²) in [5.74, 6) is 1.52. The summed E-state index contributed by atoms with van der Waals surface area (Å²) in [5.41, 5.74) is 5.92. The van der Waals surface area contributed by atoms with Gasteiger partial charge in [-0.3, -0.25) is 4.40 Å². The van der Waals surface area contributed by atoms with Gasteiger partial charge in [-0.1, -0.05) is 0 Å². The van der Waals surface area contributed by atoms with Gasteiger partial charge in [0.1, 0.15) is 23.8 Å². The molecular formula is C19H17F3N8. The zero-order valence-corrected chi connectivity index (χ0v) is 15.7. The molecule has 1 unspecified atom stereocenters. The smallest absolute Gasteiger partial charge is 0.384 e. The lowest BCUT2D eigenvalue weighted by Crippen LogP contribution is -2.35. The molecule has 4 aromatic rings. The van der Waals surface area contributed by atoms with Gasteiger partial charge < -0.3 is 10.6 Å². The summed E-state index contributed by atoms with van der Waals surface area (Å²) in [6.45, 7) is 1.31. The molecule has 154 valence electrons. The fourth-order valence-electron chi connectivity index (χ4n) is 3.93. The van der Waals surface area contributed by atoms with Crippen LogP contribution >= 0.6 is 0 Å². The number of nitrogens with zero attached hydrogens (tertiary/aromatic N) is 7. The highest BCUT2D eigenvalue weighted by Gasteiger charge is 2.32. The van der Waals surface area contributed by atoms with Gasteiger partial charge in [-0.2, -0.15) is 13.2 Å². The molecule has 1 aliphatic heterocycles. The second kappa shape index (κ2) is 6.78. The van der Waals surface area contributed by atoms with Crippen LogP contribution in [0.4, 0.5) is 24.8 Å². The van der Waals surface area contributed by atoms with Gasteiger partial charge in [-0.05, 0) is 37.1 Å². The van der Waals surface area contributed by atoms with E-state index in [9.17, 15) is 13.2 Å². The molecule has 1 aliphatic rings. The molecule has 2 N–H and O–H groups in total. The third-order valence-electron chi connectivity index (χ3n) is 5.34. The molecule has 0 amide bonds. The van der Waals surface area contributed by atoms with Gasteiger partial charge in [-0.25, -0.2) is 15.0 Å². The van der Waals surface area contributed by atoms with E-state index in [0.29, 0.717) is 29.5 Å². The summed E-state index contributed by atoms with van der Waals surface area (Å²) in [6.07, 6.45) is -0.288. The zero-order chi connectivity index (χ0) is 20.9. The summed E-state index contributed by atoms with van der Waals surface area (Å²) in [6, 6.07) is 5.89. The fraction of sp³-hybridized carbons (Fsp3) is 0.316. The van der Waals surface area contributed by atoms with E-state index in [1.54, 1.807) is 6.07 Å². The molecule has 0 aromatic carbocycles. The maximum atomic E-state index is 13.2. The Kier molecular flexibility index (Phi) is 4.19. The van der Waals surface area contributed by atoms with Crippen LogP contribution in [0.5, 0.6) is 0 Å². The largest absolute Gasteiger partial charge is 0.417 e. The highest BCUT2D eigenvalue weighted by atomic mass is 19.4. The molecule has 0 saturated carbocycles. The number of rotatable bonds is 2. The molecule has 5 rings (SSSR count). The van der Waals surface area contributed by atoms with E-state index in [4.69, 9.17) is 5.73 Å². The quantitative estimate of drug-likeness (QED) is 0.538. The molecule has 0 radical (unpaired) electrons. The van der Waals surface area contributed by atoms with E-state index in [0.717, 1.165) is 42.9 Å². The van der Waals surface area contributed by atoms with Crippen LogP contribution in [-0.2, 0) is 6.18 Å². The summed E-state index contributed by atoms with van der Waals surface area (Å²) in [4.78, 5) is 14.9. The number of nitrogen functional groups attached to an aromatic ring is 1. The van der Waals surface area contributed by atoms with Crippen molar-refractivity contribution in [3.8, 4) is 0 Å². The lowest BCUT2D eigenvalue weighted by molar-refractivity contribution is -0.137. The van der Waals surface area contributed by atoms with Gasteiger partial charge >= 0.3 is 6.18 Å². The van der Waals surface area contributed by atoms with Crippen molar-refractivity contribution >= 4 is 28.3 Å². The first-order valence-electron chi connectivity index (χ1n) is 9.44. The molecule has 1 saturated heterocycles. The summed E-state index contributed by atoms with van der Waals surface area (Å²) >= 11 is 0.